The topological polar surface area (TPSA) is 132 Å². The summed E-state index contributed by atoms with van der Waals surface area (Å²) in [6.45, 7) is 0.110. The number of hydrogen-bond acceptors (Lipinski definition) is 8. The normalized spacial score (nSPS) is 13.9. The second-order valence-electron chi connectivity index (χ2n) is 13.6. The van der Waals surface area contributed by atoms with Crippen LogP contribution in [-0.2, 0) is 41.3 Å². The molecule has 17 heteroatoms. The predicted octanol–water partition coefficient (Wildman–Crippen LogP) is 8.77. The molecule has 0 unspecified atom stereocenters. The monoisotopic (exact) mass is 852 g/mol. The number of carbonyl (C=O) groups is 2. The van der Waals surface area contributed by atoms with Crippen molar-refractivity contribution in [3.05, 3.63) is 130 Å². The quantitative estimate of drug-likeness (QED) is 0.101. The molecule has 2 aliphatic rings. The van der Waals surface area contributed by atoms with E-state index in [1.807, 2.05) is 48.5 Å². The van der Waals surface area contributed by atoms with Crippen molar-refractivity contribution in [2.24, 2.45) is 11.8 Å². The number of carbonyl (C=O) groups excluding carboxylic acids is 2. The van der Waals surface area contributed by atoms with Crippen molar-refractivity contribution in [2.45, 2.75) is 57.4 Å². The van der Waals surface area contributed by atoms with Gasteiger partial charge in [-0.2, -0.15) is 36.4 Å². The molecule has 4 aromatic carbocycles. The minimum Gasteiger partial charge on any atom is -0.298 e. The van der Waals surface area contributed by atoms with Gasteiger partial charge in [-0.1, -0.05) is 88.7 Å². The molecule has 0 spiro atoms. The Balaban J connectivity index is 0.000000168. The Labute approximate surface area is 331 Å². The number of aromatic amines is 1. The van der Waals surface area contributed by atoms with Gasteiger partial charge in [0.05, 0.1) is 16.5 Å². The van der Waals surface area contributed by atoms with Crippen LogP contribution in [0, 0.1) is 11.8 Å². The van der Waals surface area contributed by atoms with Crippen LogP contribution in [0.1, 0.15) is 59.1 Å². The van der Waals surface area contributed by atoms with Crippen LogP contribution >= 0.6 is 15.9 Å². The van der Waals surface area contributed by atoms with Crippen LogP contribution in [0.3, 0.4) is 0 Å². The highest BCUT2D eigenvalue weighted by molar-refractivity contribution is 9.09. The molecule has 2 heterocycles. The fourth-order valence-corrected chi connectivity index (χ4v) is 6.19. The number of aromatic nitrogens is 8. The number of alkyl halides is 7. The number of halogens is 7. The predicted molar refractivity (Wildman–Crippen MR) is 201 cm³/mol. The van der Waals surface area contributed by atoms with Gasteiger partial charge >= 0.3 is 12.4 Å². The lowest BCUT2D eigenvalue weighted by Crippen LogP contribution is -2.14. The van der Waals surface area contributed by atoms with Crippen molar-refractivity contribution in [3.8, 4) is 22.8 Å². The summed E-state index contributed by atoms with van der Waals surface area (Å²) in [4.78, 5) is 23.7. The van der Waals surface area contributed by atoms with Gasteiger partial charge < -0.3 is 0 Å². The summed E-state index contributed by atoms with van der Waals surface area (Å²) in [5, 5.41) is 26.7. The molecule has 0 bridgehead atoms. The van der Waals surface area contributed by atoms with E-state index in [0.29, 0.717) is 41.5 Å². The fourth-order valence-electron chi connectivity index (χ4n) is 5.73. The molecule has 0 saturated heterocycles. The first-order valence-electron chi connectivity index (χ1n) is 17.9. The molecule has 0 radical (unpaired) electrons. The summed E-state index contributed by atoms with van der Waals surface area (Å²) >= 11 is 3.11. The highest BCUT2D eigenvalue weighted by atomic mass is 79.9. The molecule has 296 valence electrons. The maximum Gasteiger partial charge on any atom is 0.416 e. The van der Waals surface area contributed by atoms with E-state index in [0.717, 1.165) is 83.3 Å². The van der Waals surface area contributed by atoms with Crippen LogP contribution in [-0.4, -0.2) is 57.7 Å². The summed E-state index contributed by atoms with van der Waals surface area (Å²) < 4.78 is 75.9. The molecule has 2 fully saturated rings. The van der Waals surface area contributed by atoms with Crippen LogP contribution in [0.25, 0.3) is 22.8 Å². The third-order valence-corrected chi connectivity index (χ3v) is 9.71. The minimum atomic E-state index is -4.35. The second kappa shape index (κ2) is 18.1. The molecule has 1 N–H and O–H groups in total. The maximum absolute atomic E-state index is 12.7. The van der Waals surface area contributed by atoms with Gasteiger partial charge in [-0.25, -0.2) is 0 Å². The Kier molecular flexibility index (Phi) is 13.1. The first kappa shape index (κ1) is 41.1. The molecule has 2 aromatic heterocycles. The van der Waals surface area contributed by atoms with E-state index in [9.17, 15) is 35.9 Å². The lowest BCUT2D eigenvalue weighted by atomic mass is 9.98. The van der Waals surface area contributed by atoms with Crippen molar-refractivity contribution in [1.29, 1.82) is 0 Å². The Morgan fingerprint density at radius 1 is 0.649 bits per heavy atom. The molecular weight excluding hydrogens is 818 g/mol. The SMILES string of the molecule is FC(F)(F)c1ccc(Cc2ccccc2-c2nn[nH]n2)cc1.O=C(CBr)C1CC1.O=C(Cn1nnc(-c2ccccc2Cc2ccc(C(F)(F)F)cc2)n1)C1CC1. The standard InChI is InChI=1S/C20H17F3N4O.C15H11F3N4.C5H7BrO/c21-20(22,23)16-9-5-13(6-10-16)11-15-3-1-2-4-17(15)19-24-26-27(25-19)12-18(28)14-7-8-14;16-15(17,18)12-7-5-10(6-8-12)9-11-3-1-2-4-13(11)14-19-21-22-20-14;6-3-5(7)4-1-2-4/h1-6,9-10,14H,7-8,11-12H2;1-8H,9H2,(H,19,20,21,22);4H,1-3H2. The summed E-state index contributed by atoms with van der Waals surface area (Å²) in [6.07, 6.45) is -3.63. The number of nitrogens with one attached hydrogen (secondary N) is 1. The molecular formula is C40H35BrF6N8O2. The first-order valence-corrected chi connectivity index (χ1v) is 19.0. The van der Waals surface area contributed by atoms with Crippen molar-refractivity contribution in [2.75, 3.05) is 5.33 Å². The second-order valence-corrected chi connectivity index (χ2v) is 14.1. The lowest BCUT2D eigenvalue weighted by Gasteiger charge is -2.09. The van der Waals surface area contributed by atoms with Crippen LogP contribution in [0.5, 0.6) is 0 Å². The van der Waals surface area contributed by atoms with Crippen molar-refractivity contribution < 1.29 is 35.9 Å². The zero-order chi connectivity index (χ0) is 40.6. The molecule has 0 amide bonds. The highest BCUT2D eigenvalue weighted by Crippen LogP contribution is 2.33. The van der Waals surface area contributed by atoms with Crippen molar-refractivity contribution >= 4 is 27.5 Å². The summed E-state index contributed by atoms with van der Waals surface area (Å²) in [6, 6.07) is 25.1. The third kappa shape index (κ3) is 11.7. The maximum atomic E-state index is 12.7. The molecule has 6 aromatic rings. The number of nitrogens with zero attached hydrogens (tertiary/aromatic N) is 7. The van der Waals surface area contributed by atoms with Crippen LogP contribution in [0.15, 0.2) is 97.1 Å². The number of tetrazole rings is 2. The molecule has 57 heavy (non-hydrogen) atoms. The van der Waals surface area contributed by atoms with Gasteiger partial charge in [0, 0.05) is 23.0 Å². The Hall–Kier alpha value is -5.58. The molecule has 0 aliphatic heterocycles. The van der Waals surface area contributed by atoms with E-state index in [1.54, 1.807) is 0 Å². The van der Waals surface area contributed by atoms with Gasteiger partial charge in [0.25, 0.3) is 0 Å². The Morgan fingerprint density at radius 3 is 1.54 bits per heavy atom. The number of Topliss-reactive ketones (excluding diaryl/α,β-unsaturated/α-hetero) is 2. The molecule has 8 rings (SSSR count). The van der Waals surface area contributed by atoms with Gasteiger partial charge in [0.15, 0.2) is 5.78 Å². The van der Waals surface area contributed by atoms with E-state index in [4.69, 9.17) is 0 Å². The molecule has 2 saturated carbocycles. The number of ketones is 2. The number of H-pyrrole nitrogens is 1. The van der Waals surface area contributed by atoms with Crippen molar-refractivity contribution in [3.63, 3.8) is 0 Å². The van der Waals surface area contributed by atoms with Gasteiger partial charge in [-0.05, 0) is 95.5 Å². The van der Waals surface area contributed by atoms with E-state index in [1.165, 1.54) is 29.1 Å². The summed E-state index contributed by atoms with van der Waals surface area (Å²) in [5.41, 5.74) is 3.54. The number of rotatable bonds is 11. The number of hydrogen-bond donors (Lipinski definition) is 1. The Morgan fingerprint density at radius 2 is 1.12 bits per heavy atom. The average molecular weight is 854 g/mol. The number of benzene rings is 4. The molecule has 2 aliphatic carbocycles. The molecule has 0 atom stereocenters. The van der Waals surface area contributed by atoms with Crippen molar-refractivity contribution in [1.82, 2.24) is 40.8 Å². The van der Waals surface area contributed by atoms with E-state index in [2.05, 4.69) is 52.0 Å². The van der Waals surface area contributed by atoms with E-state index < -0.39 is 23.5 Å². The first-order chi connectivity index (χ1) is 27.3. The van der Waals surface area contributed by atoms with Crippen LogP contribution in [0.4, 0.5) is 26.3 Å². The van der Waals surface area contributed by atoms with Gasteiger partial charge in [-0.3, -0.25) is 9.59 Å². The summed E-state index contributed by atoms with van der Waals surface area (Å²) in [7, 11) is 0. The lowest BCUT2D eigenvalue weighted by molar-refractivity contribution is -0.138. The van der Waals surface area contributed by atoms with Crippen LogP contribution < -0.4 is 0 Å². The fraction of sp³-hybridized carbons (Fsp3) is 0.300. The molecule has 10 nitrogen and oxygen atoms in total. The zero-order valence-electron chi connectivity index (χ0n) is 30.1. The third-order valence-electron chi connectivity index (χ3n) is 9.16. The Bertz CT molecular complexity index is 2250. The van der Waals surface area contributed by atoms with Crippen LogP contribution in [0.2, 0.25) is 0 Å². The van der Waals surface area contributed by atoms with Gasteiger partial charge in [0.1, 0.15) is 12.3 Å². The minimum absolute atomic E-state index is 0.110. The smallest absolute Gasteiger partial charge is 0.298 e. The highest BCUT2D eigenvalue weighted by Gasteiger charge is 2.32. The van der Waals surface area contributed by atoms with Gasteiger partial charge in [-0.15, -0.1) is 20.4 Å². The summed E-state index contributed by atoms with van der Waals surface area (Å²) in [5.74, 6) is 1.90. The largest absolute Gasteiger partial charge is 0.416 e. The van der Waals surface area contributed by atoms with E-state index in [-0.39, 0.29) is 18.2 Å². The zero-order valence-corrected chi connectivity index (χ0v) is 31.7. The average Bonchev–Trinajstić information content (AvgIpc) is 4.13. The van der Waals surface area contributed by atoms with Gasteiger partial charge in [0.2, 0.25) is 11.6 Å². The van der Waals surface area contributed by atoms with E-state index >= 15 is 0 Å².